The zero-order chi connectivity index (χ0) is 16.8. The molecule has 0 saturated carbocycles. The van der Waals surface area contributed by atoms with Crippen LogP contribution in [-0.4, -0.2) is 24.9 Å². The van der Waals surface area contributed by atoms with Crippen molar-refractivity contribution >= 4 is 23.2 Å². The highest BCUT2D eigenvalue weighted by atomic mass is 16.2. The molecule has 5 nitrogen and oxygen atoms in total. The second-order valence-electron chi connectivity index (χ2n) is 5.38. The van der Waals surface area contributed by atoms with E-state index in [1.807, 2.05) is 37.3 Å². The van der Waals surface area contributed by atoms with Gasteiger partial charge in [-0.15, -0.1) is 0 Å². The number of nitrogens with one attached hydrogen (secondary N) is 3. The number of amides is 2. The van der Waals surface area contributed by atoms with Crippen LogP contribution in [0.4, 0.5) is 11.4 Å². The first-order valence-electron chi connectivity index (χ1n) is 7.46. The molecule has 0 aliphatic heterocycles. The minimum atomic E-state index is -0.434. The predicted molar refractivity (Wildman–Crippen MR) is 92.7 cm³/mol. The SMILES string of the molecule is CNC(=O)c1cccc(NC(C)C(=O)Nc2ccc(C)cc2)c1. The first-order valence-corrected chi connectivity index (χ1v) is 7.46. The second kappa shape index (κ2) is 7.45. The third-order valence-electron chi connectivity index (χ3n) is 3.45. The van der Waals surface area contributed by atoms with Crippen LogP contribution >= 0.6 is 0 Å². The summed E-state index contributed by atoms with van der Waals surface area (Å²) >= 11 is 0. The van der Waals surface area contributed by atoms with Crippen molar-refractivity contribution in [3.8, 4) is 0 Å². The van der Waals surface area contributed by atoms with Crippen LogP contribution in [0.1, 0.15) is 22.8 Å². The van der Waals surface area contributed by atoms with Gasteiger partial charge in [-0.2, -0.15) is 0 Å². The van der Waals surface area contributed by atoms with Gasteiger partial charge in [0.05, 0.1) is 0 Å². The third kappa shape index (κ3) is 4.57. The molecule has 2 rings (SSSR count). The Morgan fingerprint density at radius 1 is 1.00 bits per heavy atom. The molecule has 0 aliphatic rings. The minimum absolute atomic E-state index is 0.140. The molecule has 2 aromatic carbocycles. The Hall–Kier alpha value is -2.82. The Labute approximate surface area is 136 Å². The molecule has 1 unspecified atom stereocenters. The Balaban J connectivity index is 2.00. The Bertz CT molecular complexity index is 696. The number of benzene rings is 2. The van der Waals surface area contributed by atoms with Crippen LogP contribution in [0.25, 0.3) is 0 Å². The summed E-state index contributed by atoms with van der Waals surface area (Å²) in [6, 6.07) is 14.2. The van der Waals surface area contributed by atoms with Crippen LogP contribution in [0, 0.1) is 6.92 Å². The highest BCUT2D eigenvalue weighted by Crippen LogP contribution is 2.13. The van der Waals surface area contributed by atoms with E-state index < -0.39 is 6.04 Å². The van der Waals surface area contributed by atoms with Gasteiger partial charge in [-0.25, -0.2) is 0 Å². The van der Waals surface area contributed by atoms with E-state index in [-0.39, 0.29) is 11.8 Å². The van der Waals surface area contributed by atoms with Crippen molar-refractivity contribution in [1.29, 1.82) is 0 Å². The van der Waals surface area contributed by atoms with Crippen LogP contribution < -0.4 is 16.0 Å². The standard InChI is InChI=1S/C18H21N3O2/c1-12-7-9-15(10-8-12)21-17(22)13(2)20-16-6-4-5-14(11-16)18(23)19-3/h4-11,13,20H,1-3H3,(H,19,23)(H,21,22). The minimum Gasteiger partial charge on any atom is -0.374 e. The zero-order valence-electron chi connectivity index (χ0n) is 13.5. The molecule has 0 saturated heterocycles. The normalized spacial score (nSPS) is 11.4. The Kier molecular flexibility index (Phi) is 5.36. The molecule has 0 fully saturated rings. The largest absolute Gasteiger partial charge is 0.374 e. The molecule has 120 valence electrons. The summed E-state index contributed by atoms with van der Waals surface area (Å²) in [4.78, 5) is 23.9. The van der Waals surface area contributed by atoms with E-state index in [9.17, 15) is 9.59 Å². The average molecular weight is 311 g/mol. The lowest BCUT2D eigenvalue weighted by molar-refractivity contribution is -0.116. The van der Waals surface area contributed by atoms with Gasteiger partial charge >= 0.3 is 0 Å². The van der Waals surface area contributed by atoms with Gasteiger partial charge in [0.2, 0.25) is 5.91 Å². The third-order valence-corrected chi connectivity index (χ3v) is 3.45. The molecule has 3 N–H and O–H groups in total. The fraction of sp³-hybridized carbons (Fsp3) is 0.222. The van der Waals surface area contributed by atoms with Gasteiger partial charge in [-0.1, -0.05) is 23.8 Å². The number of hydrogen-bond donors (Lipinski definition) is 3. The smallest absolute Gasteiger partial charge is 0.251 e. The van der Waals surface area contributed by atoms with Crippen LogP contribution in [0.5, 0.6) is 0 Å². The number of hydrogen-bond acceptors (Lipinski definition) is 3. The maximum atomic E-state index is 12.2. The maximum absolute atomic E-state index is 12.2. The molecule has 0 radical (unpaired) electrons. The molecule has 2 aromatic rings. The molecular formula is C18H21N3O2. The zero-order valence-corrected chi connectivity index (χ0v) is 13.5. The Morgan fingerprint density at radius 3 is 2.35 bits per heavy atom. The van der Waals surface area contributed by atoms with E-state index in [0.717, 1.165) is 16.9 Å². The summed E-state index contributed by atoms with van der Waals surface area (Å²) in [5.41, 5.74) is 3.16. The van der Waals surface area contributed by atoms with E-state index in [1.165, 1.54) is 0 Å². The molecule has 23 heavy (non-hydrogen) atoms. The van der Waals surface area contributed by atoms with E-state index in [1.54, 1.807) is 32.2 Å². The van der Waals surface area contributed by atoms with Gasteiger partial charge in [-0.05, 0) is 44.2 Å². The number of carbonyl (C=O) groups is 2. The highest BCUT2D eigenvalue weighted by molar-refractivity contribution is 5.97. The lowest BCUT2D eigenvalue weighted by Crippen LogP contribution is -2.32. The molecule has 1 atom stereocenters. The first-order chi connectivity index (χ1) is 11.0. The fourth-order valence-electron chi connectivity index (χ4n) is 2.10. The van der Waals surface area contributed by atoms with E-state index in [2.05, 4.69) is 16.0 Å². The molecule has 0 aliphatic carbocycles. The van der Waals surface area contributed by atoms with Crippen LogP contribution in [0.2, 0.25) is 0 Å². The molecule has 0 bridgehead atoms. The predicted octanol–water partition coefficient (Wildman–Crippen LogP) is 2.79. The molecule has 5 heteroatoms. The van der Waals surface area contributed by atoms with Crippen molar-refractivity contribution < 1.29 is 9.59 Å². The van der Waals surface area contributed by atoms with Crippen molar-refractivity contribution in [2.45, 2.75) is 19.9 Å². The average Bonchev–Trinajstić information content (AvgIpc) is 2.56. The fourth-order valence-corrected chi connectivity index (χ4v) is 2.10. The van der Waals surface area contributed by atoms with Gasteiger partial charge < -0.3 is 16.0 Å². The lowest BCUT2D eigenvalue weighted by atomic mass is 10.1. The summed E-state index contributed by atoms with van der Waals surface area (Å²) in [7, 11) is 1.58. The molecular weight excluding hydrogens is 290 g/mol. The summed E-state index contributed by atoms with van der Waals surface area (Å²) in [5, 5.41) is 8.53. The maximum Gasteiger partial charge on any atom is 0.251 e. The van der Waals surface area contributed by atoms with Gasteiger partial charge in [0.1, 0.15) is 6.04 Å². The topological polar surface area (TPSA) is 70.2 Å². The van der Waals surface area contributed by atoms with Gasteiger partial charge in [-0.3, -0.25) is 9.59 Å². The summed E-state index contributed by atoms with van der Waals surface area (Å²) in [6.45, 7) is 3.77. The van der Waals surface area contributed by atoms with Crippen LogP contribution in [-0.2, 0) is 4.79 Å². The molecule has 0 heterocycles. The molecule has 2 amide bonds. The van der Waals surface area contributed by atoms with E-state index >= 15 is 0 Å². The van der Waals surface area contributed by atoms with E-state index in [4.69, 9.17) is 0 Å². The highest BCUT2D eigenvalue weighted by Gasteiger charge is 2.13. The summed E-state index contributed by atoms with van der Waals surface area (Å²) in [6.07, 6.45) is 0. The van der Waals surface area contributed by atoms with Crippen molar-refractivity contribution in [3.05, 3.63) is 59.7 Å². The van der Waals surface area contributed by atoms with Crippen molar-refractivity contribution in [2.24, 2.45) is 0 Å². The number of anilines is 2. The number of carbonyl (C=O) groups excluding carboxylic acids is 2. The summed E-state index contributed by atoms with van der Waals surface area (Å²) in [5.74, 6) is -0.301. The number of rotatable bonds is 5. The van der Waals surface area contributed by atoms with Crippen LogP contribution in [0.3, 0.4) is 0 Å². The van der Waals surface area contributed by atoms with Crippen molar-refractivity contribution in [1.82, 2.24) is 5.32 Å². The van der Waals surface area contributed by atoms with Crippen molar-refractivity contribution in [3.63, 3.8) is 0 Å². The number of aryl methyl sites for hydroxylation is 1. The van der Waals surface area contributed by atoms with Gasteiger partial charge in [0.25, 0.3) is 5.91 Å². The lowest BCUT2D eigenvalue weighted by Gasteiger charge is -2.16. The van der Waals surface area contributed by atoms with Gasteiger partial charge in [0.15, 0.2) is 0 Å². The second-order valence-corrected chi connectivity index (χ2v) is 5.38. The van der Waals surface area contributed by atoms with Gasteiger partial charge in [0, 0.05) is 24.0 Å². The molecule has 0 aromatic heterocycles. The molecule has 0 spiro atoms. The van der Waals surface area contributed by atoms with Crippen molar-refractivity contribution in [2.75, 3.05) is 17.7 Å². The summed E-state index contributed by atoms with van der Waals surface area (Å²) < 4.78 is 0. The first kappa shape index (κ1) is 16.5. The van der Waals surface area contributed by atoms with Crippen LogP contribution in [0.15, 0.2) is 48.5 Å². The monoisotopic (exact) mass is 311 g/mol. The van der Waals surface area contributed by atoms with E-state index in [0.29, 0.717) is 5.56 Å². The Morgan fingerprint density at radius 2 is 1.70 bits per heavy atom. The quantitative estimate of drug-likeness (QED) is 0.795.